The molecule has 2 aromatic rings. The van der Waals surface area contributed by atoms with Crippen LogP contribution in [0, 0.1) is 0 Å². The molecule has 1 aromatic heterocycles. The maximum absolute atomic E-state index is 4.41. The second-order valence-corrected chi connectivity index (χ2v) is 4.87. The molecule has 3 nitrogen and oxygen atoms in total. The number of aromatic amines is 1. The monoisotopic (exact) mass is 257 g/mol. The summed E-state index contributed by atoms with van der Waals surface area (Å²) in [4.78, 5) is 7.77. The first-order valence-corrected chi connectivity index (χ1v) is 7.17. The Morgan fingerprint density at radius 2 is 1.89 bits per heavy atom. The van der Waals surface area contributed by atoms with E-state index in [9.17, 15) is 0 Å². The molecule has 102 valence electrons. The fourth-order valence-electron chi connectivity index (χ4n) is 2.12. The minimum absolute atomic E-state index is 0.807. The van der Waals surface area contributed by atoms with E-state index in [2.05, 4.69) is 53.4 Å². The maximum atomic E-state index is 4.41. The lowest BCUT2D eigenvalue weighted by Crippen LogP contribution is -2.14. The standard InChI is InChI=1S/C16H23N3/c1-3-5-13-6-8-14(9-7-13)15-11-18-16(19-15)12-17-10-4-2/h6-9,11,17H,3-5,10,12H2,1-2H3,(H,18,19). The van der Waals surface area contributed by atoms with Crippen LogP contribution in [0.2, 0.25) is 0 Å². The van der Waals surface area contributed by atoms with E-state index in [-0.39, 0.29) is 0 Å². The number of nitrogens with zero attached hydrogens (tertiary/aromatic N) is 1. The molecule has 0 saturated heterocycles. The number of imidazole rings is 1. The summed E-state index contributed by atoms with van der Waals surface area (Å²) in [7, 11) is 0. The van der Waals surface area contributed by atoms with Crippen LogP contribution in [0.1, 0.15) is 38.1 Å². The number of rotatable bonds is 7. The molecule has 0 unspecified atom stereocenters. The highest BCUT2D eigenvalue weighted by molar-refractivity contribution is 5.58. The number of aryl methyl sites for hydroxylation is 1. The minimum Gasteiger partial charge on any atom is -0.341 e. The van der Waals surface area contributed by atoms with Crippen molar-refractivity contribution in [3.8, 4) is 11.3 Å². The minimum atomic E-state index is 0.807. The molecule has 0 atom stereocenters. The fourth-order valence-corrected chi connectivity index (χ4v) is 2.12. The van der Waals surface area contributed by atoms with Crippen LogP contribution in [0.4, 0.5) is 0 Å². The predicted molar refractivity (Wildman–Crippen MR) is 80.0 cm³/mol. The summed E-state index contributed by atoms with van der Waals surface area (Å²) in [6.07, 6.45) is 5.40. The topological polar surface area (TPSA) is 40.7 Å². The van der Waals surface area contributed by atoms with Crippen LogP contribution in [0.3, 0.4) is 0 Å². The van der Waals surface area contributed by atoms with E-state index < -0.39 is 0 Å². The second kappa shape index (κ2) is 7.10. The lowest BCUT2D eigenvalue weighted by molar-refractivity contribution is 0.655. The Kier molecular flexibility index (Phi) is 5.16. The highest BCUT2D eigenvalue weighted by atomic mass is 15.0. The molecular weight excluding hydrogens is 234 g/mol. The third-order valence-corrected chi connectivity index (χ3v) is 3.15. The SMILES string of the molecule is CCCNCc1ncc(-c2ccc(CCC)cc2)[nH]1. The van der Waals surface area contributed by atoms with Gasteiger partial charge >= 0.3 is 0 Å². The van der Waals surface area contributed by atoms with Gasteiger partial charge in [0.1, 0.15) is 5.82 Å². The second-order valence-electron chi connectivity index (χ2n) is 4.87. The van der Waals surface area contributed by atoms with Crippen molar-refractivity contribution in [3.05, 3.63) is 41.9 Å². The number of aromatic nitrogens is 2. The fraction of sp³-hybridized carbons (Fsp3) is 0.438. The molecule has 0 aliphatic heterocycles. The summed E-state index contributed by atoms with van der Waals surface area (Å²) in [5.41, 5.74) is 3.70. The molecule has 0 aliphatic rings. The van der Waals surface area contributed by atoms with Crippen LogP contribution < -0.4 is 5.32 Å². The Balaban J connectivity index is 2.01. The van der Waals surface area contributed by atoms with Crippen molar-refractivity contribution in [1.82, 2.24) is 15.3 Å². The van der Waals surface area contributed by atoms with Gasteiger partial charge in [-0.2, -0.15) is 0 Å². The smallest absolute Gasteiger partial charge is 0.120 e. The molecule has 0 bridgehead atoms. The van der Waals surface area contributed by atoms with E-state index >= 15 is 0 Å². The first kappa shape index (κ1) is 13.8. The summed E-state index contributed by atoms with van der Waals surface area (Å²) in [6.45, 7) is 6.21. The Morgan fingerprint density at radius 1 is 1.11 bits per heavy atom. The van der Waals surface area contributed by atoms with E-state index in [1.54, 1.807) is 0 Å². The maximum Gasteiger partial charge on any atom is 0.120 e. The summed E-state index contributed by atoms with van der Waals surface area (Å²) < 4.78 is 0. The molecule has 2 rings (SSSR count). The van der Waals surface area contributed by atoms with Gasteiger partial charge in [-0.05, 0) is 30.5 Å². The van der Waals surface area contributed by atoms with Crippen molar-refractivity contribution in [3.63, 3.8) is 0 Å². The zero-order chi connectivity index (χ0) is 13.5. The lowest BCUT2D eigenvalue weighted by atomic mass is 10.1. The van der Waals surface area contributed by atoms with E-state index in [1.807, 2.05) is 6.20 Å². The predicted octanol–water partition coefficient (Wildman–Crippen LogP) is 3.53. The average Bonchev–Trinajstić information content (AvgIpc) is 2.89. The third kappa shape index (κ3) is 3.93. The van der Waals surface area contributed by atoms with Gasteiger partial charge in [0.15, 0.2) is 0 Å². The highest BCUT2D eigenvalue weighted by Crippen LogP contribution is 2.18. The van der Waals surface area contributed by atoms with E-state index in [0.29, 0.717) is 0 Å². The molecule has 0 spiro atoms. The molecule has 3 heteroatoms. The van der Waals surface area contributed by atoms with Crippen molar-refractivity contribution in [2.75, 3.05) is 6.54 Å². The van der Waals surface area contributed by atoms with Crippen LogP contribution in [-0.4, -0.2) is 16.5 Å². The first-order chi connectivity index (χ1) is 9.33. The zero-order valence-corrected chi connectivity index (χ0v) is 11.9. The van der Waals surface area contributed by atoms with Gasteiger partial charge in [-0.15, -0.1) is 0 Å². The van der Waals surface area contributed by atoms with Gasteiger partial charge in [0.2, 0.25) is 0 Å². The molecule has 0 saturated carbocycles. The summed E-state index contributed by atoms with van der Waals surface area (Å²) >= 11 is 0. The van der Waals surface area contributed by atoms with Gasteiger partial charge in [-0.3, -0.25) is 0 Å². The van der Waals surface area contributed by atoms with Crippen LogP contribution in [0.15, 0.2) is 30.5 Å². The molecule has 0 aliphatic carbocycles. The summed E-state index contributed by atoms with van der Waals surface area (Å²) in [5, 5.41) is 3.35. The molecule has 0 fully saturated rings. The van der Waals surface area contributed by atoms with E-state index in [1.165, 1.54) is 17.5 Å². The van der Waals surface area contributed by atoms with Gasteiger partial charge in [0.25, 0.3) is 0 Å². The van der Waals surface area contributed by atoms with Crippen LogP contribution in [-0.2, 0) is 13.0 Å². The molecule has 0 radical (unpaired) electrons. The van der Waals surface area contributed by atoms with Crippen molar-refractivity contribution in [2.45, 2.75) is 39.7 Å². The average molecular weight is 257 g/mol. The molecular formula is C16H23N3. The molecule has 0 amide bonds. The van der Waals surface area contributed by atoms with E-state index in [0.717, 1.165) is 37.4 Å². The molecule has 1 aromatic carbocycles. The van der Waals surface area contributed by atoms with Gasteiger partial charge < -0.3 is 10.3 Å². The van der Waals surface area contributed by atoms with Crippen molar-refractivity contribution in [1.29, 1.82) is 0 Å². The Hall–Kier alpha value is -1.61. The van der Waals surface area contributed by atoms with Crippen molar-refractivity contribution in [2.24, 2.45) is 0 Å². The Labute approximate surface area is 115 Å². The summed E-state index contributed by atoms with van der Waals surface area (Å²) in [5.74, 6) is 1.00. The first-order valence-electron chi connectivity index (χ1n) is 7.17. The van der Waals surface area contributed by atoms with Crippen LogP contribution >= 0.6 is 0 Å². The number of benzene rings is 1. The lowest BCUT2D eigenvalue weighted by Gasteiger charge is -2.02. The quantitative estimate of drug-likeness (QED) is 0.745. The number of hydrogen-bond acceptors (Lipinski definition) is 2. The highest BCUT2D eigenvalue weighted by Gasteiger charge is 2.03. The molecule has 2 N–H and O–H groups in total. The number of hydrogen-bond donors (Lipinski definition) is 2. The van der Waals surface area contributed by atoms with Gasteiger partial charge in [0, 0.05) is 0 Å². The summed E-state index contributed by atoms with van der Waals surface area (Å²) in [6, 6.07) is 8.74. The van der Waals surface area contributed by atoms with Gasteiger partial charge in [0.05, 0.1) is 18.4 Å². The van der Waals surface area contributed by atoms with Crippen LogP contribution in [0.25, 0.3) is 11.3 Å². The van der Waals surface area contributed by atoms with Crippen LogP contribution in [0.5, 0.6) is 0 Å². The zero-order valence-electron chi connectivity index (χ0n) is 11.9. The van der Waals surface area contributed by atoms with Crippen molar-refractivity contribution >= 4 is 0 Å². The number of H-pyrrole nitrogens is 1. The van der Waals surface area contributed by atoms with E-state index in [4.69, 9.17) is 0 Å². The largest absolute Gasteiger partial charge is 0.341 e. The third-order valence-electron chi connectivity index (χ3n) is 3.15. The normalized spacial score (nSPS) is 10.8. The van der Waals surface area contributed by atoms with Crippen molar-refractivity contribution < 1.29 is 0 Å². The molecule has 19 heavy (non-hydrogen) atoms. The van der Waals surface area contributed by atoms with Gasteiger partial charge in [-0.1, -0.05) is 44.5 Å². The molecule has 1 heterocycles. The Morgan fingerprint density at radius 3 is 2.58 bits per heavy atom. The Bertz CT molecular complexity index is 485. The number of nitrogens with one attached hydrogen (secondary N) is 2. The van der Waals surface area contributed by atoms with Gasteiger partial charge in [-0.25, -0.2) is 4.98 Å².